The summed E-state index contributed by atoms with van der Waals surface area (Å²) >= 11 is 12.1. The lowest BCUT2D eigenvalue weighted by Gasteiger charge is -2.20. The monoisotopic (exact) mass is 936 g/mol. The molecule has 0 aliphatic heterocycles. The number of fused-ring (bicyclic) bond motifs is 2. The molecule has 19 nitrogen and oxygen atoms in total. The van der Waals surface area contributed by atoms with Crippen molar-refractivity contribution >= 4 is 123 Å². The van der Waals surface area contributed by atoms with Gasteiger partial charge in [0.1, 0.15) is 26.1 Å². The lowest BCUT2D eigenvalue weighted by Crippen LogP contribution is -2.28. The molecule has 0 spiro atoms. The number of anilines is 4. The number of carbonyl (C=O) groups is 2. The highest BCUT2D eigenvalue weighted by molar-refractivity contribution is 7.91. The van der Waals surface area contributed by atoms with Crippen LogP contribution in [0, 0.1) is 0 Å². The lowest BCUT2D eigenvalue weighted by molar-refractivity contribution is 0.105. The SMILES string of the molecule is Nc1ccc2c(c1)C=C(S(=O)(=O)O)/C(=N/Nc1ccc(-c3ccc(N/N=C4/C(=O)c5c(cc(S(=O)(=O)O)c(N=Nc6cc(Cl)ccc6Cl)c5N)C=C4S(=O)(=O)O)cc3)cc1)C2=O. The van der Waals surface area contributed by atoms with Crippen molar-refractivity contribution in [3.05, 3.63) is 133 Å². The van der Waals surface area contributed by atoms with E-state index in [1.165, 1.54) is 48.5 Å². The largest absolute Gasteiger partial charge is 0.399 e. The van der Waals surface area contributed by atoms with Gasteiger partial charge in [0.15, 0.2) is 11.4 Å². The highest BCUT2D eigenvalue weighted by Gasteiger charge is 2.37. The number of hydrogen-bond acceptors (Lipinski definition) is 16. The fraction of sp³-hybridized carbons (Fsp3) is 0. The fourth-order valence-corrected chi connectivity index (χ4v) is 8.45. The first-order valence-electron chi connectivity index (χ1n) is 17.2. The average Bonchev–Trinajstić information content (AvgIpc) is 3.19. The van der Waals surface area contributed by atoms with E-state index in [1.54, 1.807) is 36.4 Å². The Labute approximate surface area is 361 Å². The van der Waals surface area contributed by atoms with Crippen LogP contribution in [0.4, 0.5) is 34.1 Å². The number of benzene rings is 5. The maximum absolute atomic E-state index is 13.9. The standard InChI is InChI=1S/C38H26Cl2N8O11S3/c39-22-5-12-27(40)28(17-22)45-46-34-29(60(51,52)53)15-21-16-31(62(57,58)59)36(38(50)32(21)33(34)42)48-44-25-9-3-19(4-10-25)18-1-7-24(8-2-18)43-47-35-30(61(54,55)56)14-20-13-23(41)6-11-26(20)37(35)49/h1-17,43-44H,41-42H2,(H,51,52,53)(H,54,55,56)(H,57,58,59)/b46-45?,47-35-,48-36+. The van der Waals surface area contributed by atoms with Gasteiger partial charge < -0.3 is 11.5 Å². The van der Waals surface area contributed by atoms with E-state index >= 15 is 0 Å². The van der Waals surface area contributed by atoms with Crippen LogP contribution in [0.15, 0.2) is 126 Å². The molecule has 24 heteroatoms. The maximum Gasteiger partial charge on any atom is 0.296 e. The number of allylic oxidation sites excluding steroid dienone is 2. The first kappa shape index (κ1) is 43.5. The van der Waals surface area contributed by atoms with Crippen molar-refractivity contribution in [2.75, 3.05) is 22.3 Å². The van der Waals surface area contributed by atoms with E-state index in [0.717, 1.165) is 18.2 Å². The Morgan fingerprint density at radius 1 is 0.581 bits per heavy atom. The van der Waals surface area contributed by atoms with Crippen molar-refractivity contribution in [3.8, 4) is 11.1 Å². The van der Waals surface area contributed by atoms with Crippen LogP contribution in [0.2, 0.25) is 10.0 Å². The molecule has 5 aromatic carbocycles. The quantitative estimate of drug-likeness (QED) is 0.0313. The predicted octanol–water partition coefficient (Wildman–Crippen LogP) is 7.27. The molecule has 0 amide bonds. The molecule has 0 heterocycles. The van der Waals surface area contributed by atoms with Gasteiger partial charge in [0.2, 0.25) is 11.6 Å². The summed E-state index contributed by atoms with van der Waals surface area (Å²) in [6.07, 6.45) is 1.84. The number of azo groups is 1. The third kappa shape index (κ3) is 8.88. The van der Waals surface area contributed by atoms with Gasteiger partial charge >= 0.3 is 0 Å². The van der Waals surface area contributed by atoms with Gasteiger partial charge in [-0.15, -0.1) is 10.2 Å². The molecule has 2 aliphatic rings. The highest BCUT2D eigenvalue weighted by Crippen LogP contribution is 2.41. The van der Waals surface area contributed by atoms with Crippen LogP contribution in [0.5, 0.6) is 0 Å². The number of nitrogens with two attached hydrogens (primary N) is 2. The molecule has 0 atom stereocenters. The number of ketones is 2. The van der Waals surface area contributed by atoms with Gasteiger partial charge in [0.25, 0.3) is 30.4 Å². The zero-order valence-electron chi connectivity index (χ0n) is 30.8. The van der Waals surface area contributed by atoms with E-state index < -0.39 is 90.6 Å². The number of hydrazone groups is 2. The molecule has 2 aliphatic carbocycles. The summed E-state index contributed by atoms with van der Waals surface area (Å²) in [7, 11) is -15.2. The second-order valence-electron chi connectivity index (χ2n) is 13.1. The molecular formula is C38H26Cl2N8O11S3. The molecule has 0 aromatic heterocycles. The average molecular weight is 938 g/mol. The minimum absolute atomic E-state index is 0.0289. The van der Waals surface area contributed by atoms with Crippen molar-refractivity contribution in [1.82, 2.24) is 0 Å². The Balaban J connectivity index is 1.13. The van der Waals surface area contributed by atoms with E-state index in [4.69, 9.17) is 34.7 Å². The molecule has 0 saturated carbocycles. The Bertz CT molecular complexity index is 3280. The van der Waals surface area contributed by atoms with E-state index in [0.29, 0.717) is 16.8 Å². The molecule has 0 radical (unpaired) electrons. The molecular weight excluding hydrogens is 912 g/mol. The van der Waals surface area contributed by atoms with Gasteiger partial charge in [-0.05, 0) is 101 Å². The Morgan fingerprint density at radius 2 is 1.11 bits per heavy atom. The van der Waals surface area contributed by atoms with Crippen LogP contribution < -0.4 is 22.3 Å². The molecule has 62 heavy (non-hydrogen) atoms. The molecule has 0 saturated heterocycles. The Morgan fingerprint density at radius 3 is 1.65 bits per heavy atom. The van der Waals surface area contributed by atoms with E-state index in [-0.39, 0.29) is 38.2 Å². The fourth-order valence-electron chi connectivity index (χ4n) is 6.14. The second kappa shape index (κ2) is 16.3. The number of carbonyl (C=O) groups excluding carboxylic acids is 2. The van der Waals surface area contributed by atoms with Crippen LogP contribution in [0.25, 0.3) is 23.3 Å². The van der Waals surface area contributed by atoms with Crippen molar-refractivity contribution in [2.45, 2.75) is 4.90 Å². The summed E-state index contributed by atoms with van der Waals surface area (Å²) in [5, 5.41) is 15.9. The minimum atomic E-state index is -5.19. The van der Waals surface area contributed by atoms with E-state index in [9.17, 15) is 48.5 Å². The minimum Gasteiger partial charge on any atom is -0.399 e. The summed E-state index contributed by atoms with van der Waals surface area (Å²) in [4.78, 5) is 24.3. The molecule has 0 bridgehead atoms. The number of hydrogen-bond donors (Lipinski definition) is 7. The summed E-state index contributed by atoms with van der Waals surface area (Å²) in [6, 6.07) is 21.9. The Hall–Kier alpha value is -6.63. The predicted molar refractivity (Wildman–Crippen MR) is 234 cm³/mol. The molecule has 5 aromatic rings. The third-order valence-electron chi connectivity index (χ3n) is 9.05. The molecule has 316 valence electrons. The van der Waals surface area contributed by atoms with Crippen molar-refractivity contribution in [2.24, 2.45) is 20.4 Å². The molecule has 9 N–H and O–H groups in total. The number of nitrogen functional groups attached to an aromatic ring is 2. The molecule has 0 unspecified atom stereocenters. The summed E-state index contributed by atoms with van der Waals surface area (Å²) in [6.45, 7) is 0. The van der Waals surface area contributed by atoms with Gasteiger partial charge in [-0.25, -0.2) is 0 Å². The van der Waals surface area contributed by atoms with E-state index in [2.05, 4.69) is 31.3 Å². The van der Waals surface area contributed by atoms with E-state index in [1.807, 2.05) is 0 Å². The van der Waals surface area contributed by atoms with Crippen LogP contribution in [-0.2, 0) is 30.4 Å². The van der Waals surface area contributed by atoms with Crippen LogP contribution in [0.1, 0.15) is 31.8 Å². The molecule has 0 fully saturated rings. The topological polar surface area (TPSA) is 323 Å². The van der Waals surface area contributed by atoms with Gasteiger partial charge in [-0.1, -0.05) is 47.5 Å². The summed E-state index contributed by atoms with van der Waals surface area (Å²) in [5.41, 5.74) is 16.0. The van der Waals surface area contributed by atoms with Crippen LogP contribution >= 0.6 is 23.2 Å². The summed E-state index contributed by atoms with van der Waals surface area (Å²) in [5.74, 6) is -1.93. The normalized spacial score (nSPS) is 15.6. The first-order chi connectivity index (χ1) is 29.1. The van der Waals surface area contributed by atoms with Crippen LogP contribution in [0.3, 0.4) is 0 Å². The number of nitrogens with one attached hydrogen (secondary N) is 2. The number of Topliss-reactive ketones (excluding diaryl/α,β-unsaturated/α-hetero) is 2. The zero-order valence-corrected chi connectivity index (χ0v) is 34.8. The highest BCUT2D eigenvalue weighted by atomic mass is 35.5. The van der Waals surface area contributed by atoms with Crippen LogP contribution in [-0.4, -0.2) is 61.9 Å². The lowest BCUT2D eigenvalue weighted by atomic mass is 9.92. The van der Waals surface area contributed by atoms with Gasteiger partial charge in [0, 0.05) is 16.3 Å². The number of halogens is 2. The smallest absolute Gasteiger partial charge is 0.296 e. The first-order valence-corrected chi connectivity index (χ1v) is 22.2. The number of rotatable bonds is 10. The molecule has 7 rings (SSSR count). The Kier molecular flexibility index (Phi) is 11.4. The van der Waals surface area contributed by atoms with Crippen molar-refractivity contribution < 1.29 is 48.5 Å². The zero-order chi connectivity index (χ0) is 44.9. The van der Waals surface area contributed by atoms with Gasteiger partial charge in [-0.2, -0.15) is 35.5 Å². The van der Waals surface area contributed by atoms with Gasteiger partial charge in [0.05, 0.1) is 27.6 Å². The van der Waals surface area contributed by atoms with Gasteiger partial charge in [-0.3, -0.25) is 34.1 Å². The summed E-state index contributed by atoms with van der Waals surface area (Å²) < 4.78 is 104. The van der Waals surface area contributed by atoms with Crippen molar-refractivity contribution in [1.29, 1.82) is 0 Å². The maximum atomic E-state index is 13.9. The third-order valence-corrected chi connectivity index (χ3v) is 12.2. The number of nitrogens with zero attached hydrogens (tertiary/aromatic N) is 4. The second-order valence-corrected chi connectivity index (χ2v) is 18.2. The van der Waals surface area contributed by atoms with Crippen molar-refractivity contribution in [3.63, 3.8) is 0 Å².